The molecule has 2 N–H and O–H groups in total. The molecule has 2 rings (SSSR count). The number of aryl methyl sites for hydroxylation is 2. The van der Waals surface area contributed by atoms with Gasteiger partial charge in [-0.25, -0.2) is 4.79 Å². The van der Waals surface area contributed by atoms with Crippen LogP contribution in [0.5, 0.6) is 11.5 Å². The Bertz CT molecular complexity index is 720. The number of carboxylic acid groups (broad SMARTS) is 1. The lowest BCUT2D eigenvalue weighted by molar-refractivity contribution is 0.0692. The molecule has 0 aliphatic rings. The highest BCUT2D eigenvalue weighted by atomic mass is 16.5. The summed E-state index contributed by atoms with van der Waals surface area (Å²) in [6.45, 7) is 4.19. The summed E-state index contributed by atoms with van der Waals surface area (Å²) in [6, 6.07) is 11.6. The molecule has 2 aromatic rings. The lowest BCUT2D eigenvalue weighted by Crippen LogP contribution is -2.08. The Hall–Kier alpha value is -2.49. The fourth-order valence-electron chi connectivity index (χ4n) is 2.95. The standard InChI is InChI=1S/C21H26O4/c1-14(2)9-12-17-18(25-3)13-16(19(20(17)22)21(23)24)11-10-15-7-5-4-6-8-15/h4-8,13-14,22H,9-12H2,1-3H3,(H,23,24). The van der Waals surface area contributed by atoms with Gasteiger partial charge in [0.05, 0.1) is 7.11 Å². The van der Waals surface area contributed by atoms with Gasteiger partial charge in [-0.2, -0.15) is 0 Å². The average Bonchev–Trinajstić information content (AvgIpc) is 2.58. The van der Waals surface area contributed by atoms with Gasteiger partial charge < -0.3 is 14.9 Å². The average molecular weight is 342 g/mol. The number of benzene rings is 2. The quantitative estimate of drug-likeness (QED) is 0.742. The van der Waals surface area contributed by atoms with Crippen molar-refractivity contribution in [3.05, 3.63) is 58.7 Å². The van der Waals surface area contributed by atoms with Crippen molar-refractivity contribution in [1.29, 1.82) is 0 Å². The topological polar surface area (TPSA) is 66.8 Å². The van der Waals surface area contributed by atoms with E-state index in [-0.39, 0.29) is 11.3 Å². The first-order chi connectivity index (χ1) is 11.9. The van der Waals surface area contributed by atoms with Gasteiger partial charge in [-0.05, 0) is 48.8 Å². The molecule has 25 heavy (non-hydrogen) atoms. The maximum absolute atomic E-state index is 11.7. The van der Waals surface area contributed by atoms with E-state index >= 15 is 0 Å². The zero-order valence-electron chi connectivity index (χ0n) is 15.1. The number of aromatic carboxylic acids is 1. The van der Waals surface area contributed by atoms with E-state index < -0.39 is 5.97 Å². The smallest absolute Gasteiger partial charge is 0.339 e. The summed E-state index contributed by atoms with van der Waals surface area (Å²) in [7, 11) is 1.55. The highest BCUT2D eigenvalue weighted by Crippen LogP contribution is 2.36. The molecule has 4 nitrogen and oxygen atoms in total. The second-order valence-corrected chi connectivity index (χ2v) is 6.66. The zero-order valence-corrected chi connectivity index (χ0v) is 15.1. The minimum atomic E-state index is -1.10. The van der Waals surface area contributed by atoms with E-state index in [1.807, 2.05) is 30.3 Å². The van der Waals surface area contributed by atoms with Crippen LogP contribution >= 0.6 is 0 Å². The SMILES string of the molecule is COc1cc(CCc2ccccc2)c(C(=O)O)c(O)c1CCC(C)C. The Labute approximate surface area is 149 Å². The molecule has 0 atom stereocenters. The molecule has 0 heterocycles. The van der Waals surface area contributed by atoms with Gasteiger partial charge in [-0.15, -0.1) is 0 Å². The molecule has 0 fully saturated rings. The van der Waals surface area contributed by atoms with Crippen molar-refractivity contribution < 1.29 is 19.7 Å². The summed E-state index contributed by atoms with van der Waals surface area (Å²) in [6.07, 6.45) is 2.67. The first kappa shape index (κ1) is 18.8. The fraction of sp³-hybridized carbons (Fsp3) is 0.381. The number of rotatable bonds is 8. The second kappa shape index (κ2) is 8.56. The summed E-state index contributed by atoms with van der Waals surface area (Å²) in [5.74, 6) is -0.245. The van der Waals surface area contributed by atoms with E-state index in [1.165, 1.54) is 0 Å². The van der Waals surface area contributed by atoms with Crippen molar-refractivity contribution in [2.75, 3.05) is 7.11 Å². The molecule has 0 saturated heterocycles. The van der Waals surface area contributed by atoms with E-state index in [9.17, 15) is 15.0 Å². The van der Waals surface area contributed by atoms with Crippen LogP contribution in [0.15, 0.2) is 36.4 Å². The number of hydrogen-bond donors (Lipinski definition) is 2. The molecule has 0 amide bonds. The number of ether oxygens (including phenoxy) is 1. The molecule has 0 bridgehead atoms. The highest BCUT2D eigenvalue weighted by Gasteiger charge is 2.22. The largest absolute Gasteiger partial charge is 0.507 e. The lowest BCUT2D eigenvalue weighted by Gasteiger charge is -2.17. The van der Waals surface area contributed by atoms with Gasteiger partial charge in [-0.1, -0.05) is 44.2 Å². The van der Waals surface area contributed by atoms with Gasteiger partial charge in [0.25, 0.3) is 0 Å². The van der Waals surface area contributed by atoms with Crippen LogP contribution in [0.2, 0.25) is 0 Å². The molecule has 2 aromatic carbocycles. The van der Waals surface area contributed by atoms with Crippen molar-refractivity contribution in [3.63, 3.8) is 0 Å². The monoisotopic (exact) mass is 342 g/mol. The van der Waals surface area contributed by atoms with Crippen molar-refractivity contribution >= 4 is 5.97 Å². The van der Waals surface area contributed by atoms with Crippen LogP contribution in [0.25, 0.3) is 0 Å². The molecule has 134 valence electrons. The first-order valence-corrected chi connectivity index (χ1v) is 8.63. The van der Waals surface area contributed by atoms with Gasteiger partial charge in [0.2, 0.25) is 0 Å². The number of carbonyl (C=O) groups is 1. The molecular weight excluding hydrogens is 316 g/mol. The van der Waals surface area contributed by atoms with E-state index in [0.717, 1.165) is 12.0 Å². The fourth-order valence-corrected chi connectivity index (χ4v) is 2.95. The Morgan fingerprint density at radius 1 is 1.12 bits per heavy atom. The Morgan fingerprint density at radius 2 is 1.80 bits per heavy atom. The minimum absolute atomic E-state index is 0.00418. The second-order valence-electron chi connectivity index (χ2n) is 6.66. The van der Waals surface area contributed by atoms with Gasteiger partial charge in [0.15, 0.2) is 0 Å². The predicted octanol–water partition coefficient (Wildman–Crippen LogP) is 4.47. The molecule has 0 aliphatic carbocycles. The molecule has 0 saturated carbocycles. The van der Waals surface area contributed by atoms with Crippen LogP contribution in [0, 0.1) is 5.92 Å². The van der Waals surface area contributed by atoms with Crippen LogP contribution < -0.4 is 4.74 Å². The van der Waals surface area contributed by atoms with E-state index in [2.05, 4.69) is 13.8 Å². The minimum Gasteiger partial charge on any atom is -0.507 e. The van der Waals surface area contributed by atoms with E-state index in [1.54, 1.807) is 13.2 Å². The Morgan fingerprint density at radius 3 is 2.36 bits per heavy atom. The first-order valence-electron chi connectivity index (χ1n) is 8.63. The van der Waals surface area contributed by atoms with Crippen LogP contribution in [-0.2, 0) is 19.3 Å². The van der Waals surface area contributed by atoms with E-state index in [0.29, 0.717) is 42.1 Å². The van der Waals surface area contributed by atoms with Crippen molar-refractivity contribution in [3.8, 4) is 11.5 Å². The number of phenols is 1. The van der Waals surface area contributed by atoms with Crippen LogP contribution in [0.4, 0.5) is 0 Å². The van der Waals surface area contributed by atoms with E-state index in [4.69, 9.17) is 4.74 Å². The summed E-state index contributed by atoms with van der Waals surface area (Å²) in [5.41, 5.74) is 2.30. The van der Waals surface area contributed by atoms with Crippen molar-refractivity contribution in [1.82, 2.24) is 0 Å². The normalized spacial score (nSPS) is 10.9. The van der Waals surface area contributed by atoms with Crippen LogP contribution in [-0.4, -0.2) is 23.3 Å². The molecule has 0 unspecified atom stereocenters. The molecular formula is C21H26O4. The zero-order chi connectivity index (χ0) is 18.4. The lowest BCUT2D eigenvalue weighted by atomic mass is 9.93. The molecule has 0 aromatic heterocycles. The van der Waals surface area contributed by atoms with Gasteiger partial charge in [0, 0.05) is 5.56 Å². The maximum atomic E-state index is 11.7. The maximum Gasteiger partial charge on any atom is 0.339 e. The predicted molar refractivity (Wildman–Crippen MR) is 98.6 cm³/mol. The Balaban J connectivity index is 2.38. The Kier molecular flexibility index (Phi) is 6.45. The van der Waals surface area contributed by atoms with Gasteiger partial charge in [-0.3, -0.25) is 0 Å². The molecule has 0 radical (unpaired) electrons. The molecule has 4 heteroatoms. The summed E-state index contributed by atoms with van der Waals surface area (Å²) >= 11 is 0. The third kappa shape index (κ3) is 4.75. The summed E-state index contributed by atoms with van der Waals surface area (Å²) in [4.78, 5) is 11.7. The summed E-state index contributed by atoms with van der Waals surface area (Å²) < 4.78 is 5.43. The summed E-state index contributed by atoms with van der Waals surface area (Å²) in [5, 5.41) is 20.2. The van der Waals surface area contributed by atoms with Crippen molar-refractivity contribution in [2.45, 2.75) is 39.5 Å². The molecule has 0 aliphatic heterocycles. The van der Waals surface area contributed by atoms with Crippen LogP contribution in [0.1, 0.15) is 47.3 Å². The third-order valence-electron chi connectivity index (χ3n) is 4.38. The van der Waals surface area contributed by atoms with Gasteiger partial charge >= 0.3 is 5.97 Å². The molecule has 0 spiro atoms. The number of aromatic hydroxyl groups is 1. The van der Waals surface area contributed by atoms with Crippen molar-refractivity contribution in [2.24, 2.45) is 5.92 Å². The third-order valence-corrected chi connectivity index (χ3v) is 4.38. The highest BCUT2D eigenvalue weighted by molar-refractivity contribution is 5.93. The van der Waals surface area contributed by atoms with Gasteiger partial charge in [0.1, 0.15) is 17.1 Å². The number of methoxy groups -OCH3 is 1. The number of hydrogen-bond acceptors (Lipinski definition) is 3. The van der Waals surface area contributed by atoms with Crippen LogP contribution in [0.3, 0.4) is 0 Å². The number of carboxylic acids is 1.